The highest BCUT2D eigenvalue weighted by atomic mass is 32.2. The lowest BCUT2D eigenvalue weighted by molar-refractivity contribution is -0.384. The molecule has 1 fully saturated rings. The Morgan fingerprint density at radius 1 is 1.18 bits per heavy atom. The highest BCUT2D eigenvalue weighted by molar-refractivity contribution is 7.89. The van der Waals surface area contributed by atoms with Crippen LogP contribution in [0.1, 0.15) is 20.8 Å². The van der Waals surface area contributed by atoms with E-state index in [0.29, 0.717) is 31.9 Å². The Labute approximate surface area is 168 Å². The maximum atomic E-state index is 12.5. The normalized spacial score (nSPS) is 15.7. The molecule has 152 valence electrons. The third kappa shape index (κ3) is 4.59. The minimum atomic E-state index is -3.85. The van der Waals surface area contributed by atoms with Crippen molar-refractivity contribution in [2.24, 2.45) is 0 Å². The van der Waals surface area contributed by atoms with E-state index in [9.17, 15) is 18.5 Å². The fourth-order valence-corrected chi connectivity index (χ4v) is 5.19. The van der Waals surface area contributed by atoms with Crippen molar-refractivity contribution in [2.75, 3.05) is 36.0 Å². The van der Waals surface area contributed by atoms with Crippen LogP contribution in [0.4, 0.5) is 16.5 Å². The number of nitro benzene ring substituents is 1. The van der Waals surface area contributed by atoms with E-state index in [1.54, 1.807) is 38.3 Å². The van der Waals surface area contributed by atoms with E-state index in [2.05, 4.69) is 14.6 Å². The van der Waals surface area contributed by atoms with Crippen LogP contribution in [0.25, 0.3) is 0 Å². The fraction of sp³-hybridized carbons (Fsp3) is 0.471. The van der Waals surface area contributed by atoms with Crippen LogP contribution < -0.4 is 14.5 Å². The van der Waals surface area contributed by atoms with Crippen molar-refractivity contribution in [2.45, 2.75) is 31.2 Å². The second-order valence-corrected chi connectivity index (χ2v) is 10.1. The van der Waals surface area contributed by atoms with Crippen molar-refractivity contribution in [3.63, 3.8) is 0 Å². The van der Waals surface area contributed by atoms with Gasteiger partial charge in [0.1, 0.15) is 5.69 Å². The number of nitro groups is 1. The molecule has 11 heteroatoms. The summed E-state index contributed by atoms with van der Waals surface area (Å²) in [6.07, 6.45) is 1.75. The van der Waals surface area contributed by atoms with Crippen LogP contribution in [-0.2, 0) is 10.0 Å². The summed E-state index contributed by atoms with van der Waals surface area (Å²) in [6, 6.07) is 4.08. The quantitative estimate of drug-likeness (QED) is 0.579. The van der Waals surface area contributed by atoms with Crippen molar-refractivity contribution in [3.8, 4) is 0 Å². The van der Waals surface area contributed by atoms with E-state index >= 15 is 0 Å². The Balaban J connectivity index is 1.84. The maximum Gasteiger partial charge on any atom is 0.293 e. The molecule has 0 saturated carbocycles. The summed E-state index contributed by atoms with van der Waals surface area (Å²) >= 11 is 1.56. The van der Waals surface area contributed by atoms with Crippen LogP contribution in [0, 0.1) is 10.1 Å². The zero-order valence-electron chi connectivity index (χ0n) is 16.0. The number of rotatable bonds is 5. The summed E-state index contributed by atoms with van der Waals surface area (Å²) in [7, 11) is -3.85. The maximum absolute atomic E-state index is 12.5. The SMILES string of the molecule is CC(C)(C)NS(=O)(=O)c1ccc(N2CCN(c3nccs3)CC2)c([N+](=O)[O-])c1. The predicted octanol–water partition coefficient (Wildman–Crippen LogP) is 2.45. The summed E-state index contributed by atoms with van der Waals surface area (Å²) < 4.78 is 27.6. The zero-order chi connectivity index (χ0) is 20.5. The fourth-order valence-electron chi connectivity index (χ4n) is 3.06. The molecule has 0 atom stereocenters. The number of benzene rings is 1. The van der Waals surface area contributed by atoms with Crippen LogP contribution in [0.5, 0.6) is 0 Å². The number of piperazine rings is 1. The third-order valence-electron chi connectivity index (χ3n) is 4.20. The van der Waals surface area contributed by atoms with Crippen LogP contribution in [0.2, 0.25) is 0 Å². The number of thiazole rings is 1. The Hall–Kier alpha value is -2.24. The molecule has 0 unspecified atom stereocenters. The lowest BCUT2D eigenvalue weighted by Gasteiger charge is -2.35. The topological polar surface area (TPSA) is 109 Å². The molecule has 0 amide bonds. The first-order chi connectivity index (χ1) is 13.1. The molecule has 0 bridgehead atoms. The van der Waals surface area contributed by atoms with Gasteiger partial charge >= 0.3 is 0 Å². The average molecular weight is 426 g/mol. The van der Waals surface area contributed by atoms with Crippen molar-refractivity contribution >= 4 is 37.9 Å². The number of aromatic nitrogens is 1. The molecule has 1 aromatic heterocycles. The number of nitrogens with zero attached hydrogens (tertiary/aromatic N) is 4. The van der Waals surface area contributed by atoms with E-state index < -0.39 is 20.5 Å². The molecule has 2 heterocycles. The highest BCUT2D eigenvalue weighted by Gasteiger charge is 2.28. The van der Waals surface area contributed by atoms with Gasteiger partial charge in [-0.05, 0) is 32.9 Å². The van der Waals surface area contributed by atoms with E-state index in [4.69, 9.17) is 0 Å². The summed E-state index contributed by atoms with van der Waals surface area (Å²) in [6.45, 7) is 7.71. The van der Waals surface area contributed by atoms with E-state index in [1.807, 2.05) is 10.3 Å². The molecule has 2 aromatic rings. The van der Waals surface area contributed by atoms with Gasteiger partial charge in [-0.25, -0.2) is 18.1 Å². The number of anilines is 2. The molecule has 3 rings (SSSR count). The van der Waals surface area contributed by atoms with Crippen LogP contribution in [0.15, 0.2) is 34.7 Å². The van der Waals surface area contributed by atoms with Crippen molar-refractivity contribution < 1.29 is 13.3 Å². The van der Waals surface area contributed by atoms with Crippen molar-refractivity contribution in [1.82, 2.24) is 9.71 Å². The Morgan fingerprint density at radius 2 is 1.82 bits per heavy atom. The summed E-state index contributed by atoms with van der Waals surface area (Å²) in [5.41, 5.74) is -0.462. The number of hydrogen-bond acceptors (Lipinski definition) is 8. The average Bonchev–Trinajstić information content (AvgIpc) is 3.14. The molecule has 28 heavy (non-hydrogen) atoms. The number of sulfonamides is 1. The Bertz CT molecular complexity index is 946. The van der Waals surface area contributed by atoms with Crippen LogP contribution in [0.3, 0.4) is 0 Å². The Morgan fingerprint density at radius 3 is 2.36 bits per heavy atom. The van der Waals surface area contributed by atoms with Gasteiger partial charge in [-0.2, -0.15) is 0 Å². The summed E-state index contributed by atoms with van der Waals surface area (Å²) in [5, 5.41) is 14.5. The number of nitrogens with one attached hydrogen (secondary N) is 1. The monoisotopic (exact) mass is 425 g/mol. The molecule has 0 spiro atoms. The smallest absolute Gasteiger partial charge is 0.293 e. The third-order valence-corrected chi connectivity index (χ3v) is 6.79. The highest BCUT2D eigenvalue weighted by Crippen LogP contribution is 2.32. The largest absolute Gasteiger partial charge is 0.362 e. The van der Waals surface area contributed by atoms with Gasteiger partial charge in [0.25, 0.3) is 5.69 Å². The molecular formula is C17H23N5O4S2. The number of hydrogen-bond donors (Lipinski definition) is 1. The van der Waals surface area contributed by atoms with E-state index in [-0.39, 0.29) is 10.6 Å². The van der Waals surface area contributed by atoms with Gasteiger partial charge in [-0.1, -0.05) is 0 Å². The van der Waals surface area contributed by atoms with Gasteiger partial charge in [0.05, 0.1) is 9.82 Å². The van der Waals surface area contributed by atoms with Gasteiger partial charge in [-0.15, -0.1) is 11.3 Å². The van der Waals surface area contributed by atoms with E-state index in [0.717, 1.165) is 11.2 Å². The molecule has 1 N–H and O–H groups in total. The zero-order valence-corrected chi connectivity index (χ0v) is 17.6. The molecule has 9 nitrogen and oxygen atoms in total. The van der Waals surface area contributed by atoms with Gasteiger partial charge in [0.15, 0.2) is 5.13 Å². The molecule has 0 radical (unpaired) electrons. The van der Waals surface area contributed by atoms with Gasteiger partial charge in [0, 0.05) is 49.4 Å². The Kier molecular flexibility index (Phi) is 5.60. The second kappa shape index (κ2) is 7.64. The summed E-state index contributed by atoms with van der Waals surface area (Å²) in [4.78, 5) is 19.3. The molecule has 1 aromatic carbocycles. The first kappa shape index (κ1) is 20.5. The molecule has 0 aliphatic carbocycles. The predicted molar refractivity (Wildman–Crippen MR) is 110 cm³/mol. The first-order valence-electron chi connectivity index (χ1n) is 8.79. The minimum absolute atomic E-state index is 0.112. The second-order valence-electron chi connectivity index (χ2n) is 7.55. The first-order valence-corrected chi connectivity index (χ1v) is 11.1. The van der Waals surface area contributed by atoms with Crippen molar-refractivity contribution in [1.29, 1.82) is 0 Å². The van der Waals surface area contributed by atoms with Gasteiger partial charge in [0.2, 0.25) is 10.0 Å². The van der Waals surface area contributed by atoms with E-state index in [1.165, 1.54) is 12.1 Å². The van der Waals surface area contributed by atoms with Crippen molar-refractivity contribution in [3.05, 3.63) is 39.9 Å². The lowest BCUT2D eigenvalue weighted by atomic mass is 10.1. The van der Waals surface area contributed by atoms with Gasteiger partial charge in [-0.3, -0.25) is 10.1 Å². The van der Waals surface area contributed by atoms with Crippen LogP contribution >= 0.6 is 11.3 Å². The minimum Gasteiger partial charge on any atom is -0.362 e. The summed E-state index contributed by atoms with van der Waals surface area (Å²) in [5.74, 6) is 0. The molecular weight excluding hydrogens is 402 g/mol. The molecule has 1 aliphatic heterocycles. The molecule has 1 aliphatic rings. The van der Waals surface area contributed by atoms with Crippen LogP contribution in [-0.4, -0.2) is 50.0 Å². The lowest BCUT2D eigenvalue weighted by Crippen LogP contribution is -2.46. The molecule has 1 saturated heterocycles. The standard InChI is InChI=1S/C17H23N5O4S2/c1-17(2,3)19-28(25,26)13-4-5-14(15(12-13)22(23)24)20-7-9-21(10-8-20)16-18-6-11-27-16/h4-6,11-12,19H,7-10H2,1-3H3. The van der Waals surface area contributed by atoms with Gasteiger partial charge < -0.3 is 9.80 Å².